The molecule has 1 aromatic heterocycles. The standard InChI is InChI=1S/C13H11ClN2S/c14-10-5-3-8(4-6-10)11-7-12(17)16-13(15-11)9-1-2-9/h3-7,9H,1-2H2,(H,15,16,17). The second-order valence-corrected chi connectivity index (χ2v) is 5.15. The Kier molecular flexibility index (Phi) is 2.73. The Hall–Kier alpha value is -1.19. The van der Waals surface area contributed by atoms with E-state index in [-0.39, 0.29) is 0 Å². The molecule has 3 rings (SSSR count). The van der Waals surface area contributed by atoms with Crippen molar-refractivity contribution in [3.05, 3.63) is 45.8 Å². The molecule has 4 heteroatoms. The Morgan fingerprint density at radius 1 is 1.24 bits per heavy atom. The van der Waals surface area contributed by atoms with Gasteiger partial charge in [-0.2, -0.15) is 0 Å². The minimum atomic E-state index is 0.573. The molecule has 0 atom stereocenters. The van der Waals surface area contributed by atoms with Gasteiger partial charge in [-0.05, 0) is 36.6 Å². The van der Waals surface area contributed by atoms with Crippen molar-refractivity contribution in [1.82, 2.24) is 9.97 Å². The molecule has 1 aliphatic carbocycles. The lowest BCUT2D eigenvalue weighted by molar-refractivity contribution is 0.924. The molecule has 0 saturated heterocycles. The smallest absolute Gasteiger partial charge is 0.130 e. The van der Waals surface area contributed by atoms with Crippen molar-refractivity contribution in [2.75, 3.05) is 0 Å². The van der Waals surface area contributed by atoms with Crippen LogP contribution in [0.25, 0.3) is 11.3 Å². The van der Waals surface area contributed by atoms with Gasteiger partial charge in [-0.15, -0.1) is 0 Å². The van der Waals surface area contributed by atoms with E-state index in [1.165, 1.54) is 12.8 Å². The predicted molar refractivity (Wildman–Crippen MR) is 71.8 cm³/mol. The van der Waals surface area contributed by atoms with Crippen LogP contribution in [-0.4, -0.2) is 9.97 Å². The van der Waals surface area contributed by atoms with E-state index in [1.807, 2.05) is 30.3 Å². The fourth-order valence-corrected chi connectivity index (χ4v) is 2.15. The first-order valence-corrected chi connectivity index (χ1v) is 6.38. The maximum absolute atomic E-state index is 5.88. The highest BCUT2D eigenvalue weighted by molar-refractivity contribution is 7.71. The van der Waals surface area contributed by atoms with E-state index in [2.05, 4.69) is 9.97 Å². The molecule has 1 aromatic carbocycles. The molecule has 0 bridgehead atoms. The van der Waals surface area contributed by atoms with Gasteiger partial charge in [-0.1, -0.05) is 36.0 Å². The third kappa shape index (κ3) is 2.40. The van der Waals surface area contributed by atoms with Gasteiger partial charge in [0, 0.05) is 16.6 Å². The molecule has 1 fully saturated rings. The molecule has 0 amide bonds. The number of aromatic nitrogens is 2. The van der Waals surface area contributed by atoms with Crippen molar-refractivity contribution in [3.8, 4) is 11.3 Å². The maximum atomic E-state index is 5.88. The molecular formula is C13H11ClN2S. The topological polar surface area (TPSA) is 28.7 Å². The van der Waals surface area contributed by atoms with Crippen molar-refractivity contribution >= 4 is 23.8 Å². The molecule has 0 spiro atoms. The second-order valence-electron chi connectivity index (χ2n) is 4.30. The van der Waals surface area contributed by atoms with Gasteiger partial charge in [0.25, 0.3) is 0 Å². The zero-order valence-electron chi connectivity index (χ0n) is 9.11. The third-order valence-electron chi connectivity index (χ3n) is 2.88. The van der Waals surface area contributed by atoms with Gasteiger partial charge in [0.05, 0.1) is 0 Å². The van der Waals surface area contributed by atoms with Crippen LogP contribution >= 0.6 is 23.8 Å². The summed E-state index contributed by atoms with van der Waals surface area (Å²) in [6.07, 6.45) is 2.42. The first-order valence-electron chi connectivity index (χ1n) is 5.59. The zero-order chi connectivity index (χ0) is 11.8. The minimum Gasteiger partial charge on any atom is -0.343 e. The lowest BCUT2D eigenvalue weighted by atomic mass is 10.1. The summed E-state index contributed by atoms with van der Waals surface area (Å²) in [5, 5.41) is 0.740. The molecule has 2 aromatic rings. The van der Waals surface area contributed by atoms with Crippen molar-refractivity contribution in [2.24, 2.45) is 0 Å². The Labute approximate surface area is 110 Å². The molecule has 0 unspecified atom stereocenters. The lowest BCUT2D eigenvalue weighted by Gasteiger charge is -2.05. The van der Waals surface area contributed by atoms with Crippen LogP contribution in [0.15, 0.2) is 30.3 Å². The fraction of sp³-hybridized carbons (Fsp3) is 0.231. The van der Waals surface area contributed by atoms with Gasteiger partial charge in [-0.25, -0.2) is 4.98 Å². The Morgan fingerprint density at radius 3 is 2.59 bits per heavy atom. The first kappa shape index (κ1) is 10.9. The predicted octanol–water partition coefficient (Wildman–Crippen LogP) is 4.34. The largest absolute Gasteiger partial charge is 0.343 e. The van der Waals surface area contributed by atoms with Crippen molar-refractivity contribution in [2.45, 2.75) is 18.8 Å². The van der Waals surface area contributed by atoms with E-state index >= 15 is 0 Å². The first-order chi connectivity index (χ1) is 8.22. The summed E-state index contributed by atoms with van der Waals surface area (Å²) < 4.78 is 0.649. The molecule has 17 heavy (non-hydrogen) atoms. The number of benzene rings is 1. The van der Waals surface area contributed by atoms with Crippen LogP contribution in [0, 0.1) is 4.64 Å². The normalized spacial score (nSPS) is 14.9. The van der Waals surface area contributed by atoms with Gasteiger partial charge in [-0.3, -0.25) is 0 Å². The van der Waals surface area contributed by atoms with Crippen LogP contribution in [0.5, 0.6) is 0 Å². The highest BCUT2D eigenvalue weighted by atomic mass is 35.5. The molecule has 0 aliphatic heterocycles. The Morgan fingerprint density at radius 2 is 1.94 bits per heavy atom. The molecule has 0 radical (unpaired) electrons. The van der Waals surface area contributed by atoms with Gasteiger partial charge in [0.1, 0.15) is 10.5 Å². The van der Waals surface area contributed by atoms with Crippen LogP contribution in [0.1, 0.15) is 24.6 Å². The highest BCUT2D eigenvalue weighted by Gasteiger charge is 2.26. The molecule has 86 valence electrons. The van der Waals surface area contributed by atoms with Crippen molar-refractivity contribution in [3.63, 3.8) is 0 Å². The van der Waals surface area contributed by atoms with Gasteiger partial charge < -0.3 is 4.98 Å². The van der Waals surface area contributed by atoms with E-state index in [1.54, 1.807) is 0 Å². The SMILES string of the molecule is S=c1cc(-c2ccc(Cl)cc2)[nH]c(C2CC2)n1. The number of halogens is 1. The molecule has 1 saturated carbocycles. The van der Waals surface area contributed by atoms with Crippen LogP contribution < -0.4 is 0 Å². The minimum absolute atomic E-state index is 0.573. The Bertz CT molecular complexity index is 600. The highest BCUT2D eigenvalue weighted by Crippen LogP contribution is 2.38. The monoisotopic (exact) mass is 262 g/mol. The van der Waals surface area contributed by atoms with Gasteiger partial charge >= 0.3 is 0 Å². The zero-order valence-corrected chi connectivity index (χ0v) is 10.7. The quantitative estimate of drug-likeness (QED) is 0.816. The van der Waals surface area contributed by atoms with E-state index in [0.29, 0.717) is 10.6 Å². The van der Waals surface area contributed by atoms with Crippen molar-refractivity contribution < 1.29 is 0 Å². The summed E-state index contributed by atoms with van der Waals surface area (Å²) in [7, 11) is 0. The molecular weight excluding hydrogens is 252 g/mol. The summed E-state index contributed by atoms with van der Waals surface area (Å²) >= 11 is 11.1. The second kappa shape index (κ2) is 4.24. The van der Waals surface area contributed by atoms with Crippen molar-refractivity contribution in [1.29, 1.82) is 0 Å². The number of H-pyrrole nitrogens is 1. The average Bonchev–Trinajstić information content (AvgIpc) is 3.13. The summed E-state index contributed by atoms with van der Waals surface area (Å²) in [6, 6.07) is 9.62. The van der Waals surface area contributed by atoms with E-state index in [9.17, 15) is 0 Å². The maximum Gasteiger partial charge on any atom is 0.130 e. The third-order valence-corrected chi connectivity index (χ3v) is 3.34. The molecule has 1 aliphatic rings. The lowest BCUT2D eigenvalue weighted by Crippen LogP contribution is -1.95. The van der Waals surface area contributed by atoms with E-state index in [0.717, 1.165) is 22.1 Å². The molecule has 2 nitrogen and oxygen atoms in total. The number of hydrogen-bond donors (Lipinski definition) is 1. The average molecular weight is 263 g/mol. The van der Waals surface area contributed by atoms with E-state index < -0.39 is 0 Å². The summed E-state index contributed by atoms with van der Waals surface area (Å²) in [6.45, 7) is 0. The summed E-state index contributed by atoms with van der Waals surface area (Å²) in [5.41, 5.74) is 2.10. The number of nitrogens with zero attached hydrogens (tertiary/aromatic N) is 1. The van der Waals surface area contributed by atoms with Gasteiger partial charge in [0.2, 0.25) is 0 Å². The molecule has 1 heterocycles. The fourth-order valence-electron chi connectivity index (χ4n) is 1.81. The van der Waals surface area contributed by atoms with Crippen LogP contribution in [-0.2, 0) is 0 Å². The molecule has 1 N–H and O–H groups in total. The van der Waals surface area contributed by atoms with Crippen LogP contribution in [0.4, 0.5) is 0 Å². The summed E-state index contributed by atoms with van der Waals surface area (Å²) in [4.78, 5) is 7.73. The van der Waals surface area contributed by atoms with Gasteiger partial charge in [0.15, 0.2) is 0 Å². The number of hydrogen-bond acceptors (Lipinski definition) is 2. The number of rotatable bonds is 2. The van der Waals surface area contributed by atoms with Crippen LogP contribution in [0.2, 0.25) is 5.02 Å². The summed E-state index contributed by atoms with van der Waals surface area (Å²) in [5.74, 6) is 1.59. The Balaban J connectivity index is 2.07. The van der Waals surface area contributed by atoms with E-state index in [4.69, 9.17) is 23.8 Å². The van der Waals surface area contributed by atoms with Crippen LogP contribution in [0.3, 0.4) is 0 Å². The number of nitrogens with one attached hydrogen (secondary N) is 1. The number of aromatic amines is 1.